The molecule has 1 aliphatic carbocycles. The molecular weight excluding hydrogens is 392 g/mol. The summed E-state index contributed by atoms with van der Waals surface area (Å²) < 4.78 is 17.3. The molecule has 2 rings (SSSR count). The smallest absolute Gasteiger partial charge is 0.331 e. The first kappa shape index (κ1) is 25.6. The molecule has 1 N–H and O–H groups in total. The van der Waals surface area contributed by atoms with Gasteiger partial charge in [-0.25, -0.2) is 4.79 Å². The Hall–Kier alpha value is -1.69. The molecule has 0 aromatic heterocycles. The van der Waals surface area contributed by atoms with Gasteiger partial charge < -0.3 is 19.3 Å². The largest absolute Gasteiger partial charge is 0.452 e. The summed E-state index contributed by atoms with van der Waals surface area (Å²) in [5.41, 5.74) is 0.856. The molecule has 4 atom stereocenters. The molecule has 1 fully saturated rings. The number of aliphatic hydroxyl groups is 1. The zero-order valence-electron chi connectivity index (χ0n) is 20.2. The van der Waals surface area contributed by atoms with E-state index in [2.05, 4.69) is 31.2 Å². The molecule has 0 bridgehead atoms. The number of epoxide rings is 1. The summed E-state index contributed by atoms with van der Waals surface area (Å²) in [5, 5.41) is 9.81. The first-order valence-corrected chi connectivity index (χ1v) is 11.2. The summed E-state index contributed by atoms with van der Waals surface area (Å²) >= 11 is 0. The van der Waals surface area contributed by atoms with Gasteiger partial charge in [0.1, 0.15) is 5.60 Å². The Morgan fingerprint density at radius 3 is 2.68 bits per heavy atom. The molecule has 0 amide bonds. The van der Waals surface area contributed by atoms with Gasteiger partial charge in [-0.1, -0.05) is 36.8 Å². The number of carbonyl (C=O) groups excluding carboxylic acids is 1. The summed E-state index contributed by atoms with van der Waals surface area (Å²) in [7, 11) is 1.70. The molecule has 1 heterocycles. The Labute approximate surface area is 187 Å². The molecule has 1 saturated heterocycles. The highest BCUT2D eigenvalue weighted by Gasteiger charge is 2.58. The SMILES string of the molecule is COC(C)(C)/C=C/C[C@]1(C)/C=C\[C@@H](OC(=O)C=C(C)C)[C@]2(C)O[C@H]2CCC(CO)=CC1. The zero-order valence-corrected chi connectivity index (χ0v) is 20.2. The van der Waals surface area contributed by atoms with Crippen molar-refractivity contribution < 1.29 is 24.1 Å². The van der Waals surface area contributed by atoms with Crippen molar-refractivity contribution in [3.05, 3.63) is 47.6 Å². The Kier molecular flexibility index (Phi) is 8.48. The molecule has 174 valence electrons. The third kappa shape index (κ3) is 7.44. The van der Waals surface area contributed by atoms with Gasteiger partial charge >= 0.3 is 5.97 Å². The molecule has 0 radical (unpaired) electrons. The van der Waals surface area contributed by atoms with E-state index in [1.54, 1.807) is 7.11 Å². The fourth-order valence-electron chi connectivity index (χ4n) is 3.77. The van der Waals surface area contributed by atoms with E-state index in [9.17, 15) is 9.90 Å². The fraction of sp³-hybridized carbons (Fsp3) is 0.654. The number of rotatable bonds is 7. The van der Waals surface area contributed by atoms with Crippen molar-refractivity contribution in [2.45, 2.75) is 90.6 Å². The van der Waals surface area contributed by atoms with Crippen LogP contribution in [0.1, 0.15) is 67.2 Å². The first-order valence-electron chi connectivity index (χ1n) is 11.2. The quantitative estimate of drug-likeness (QED) is 0.264. The lowest BCUT2D eigenvalue weighted by atomic mass is 9.81. The second-order valence-electron chi connectivity index (χ2n) is 10.1. The third-order valence-corrected chi connectivity index (χ3v) is 6.28. The van der Waals surface area contributed by atoms with Crippen molar-refractivity contribution in [1.29, 1.82) is 0 Å². The topological polar surface area (TPSA) is 68.3 Å². The number of hydrogen-bond donors (Lipinski definition) is 1. The van der Waals surface area contributed by atoms with Crippen LogP contribution in [0, 0.1) is 5.41 Å². The maximum Gasteiger partial charge on any atom is 0.331 e. The van der Waals surface area contributed by atoms with E-state index in [0.29, 0.717) is 0 Å². The van der Waals surface area contributed by atoms with Gasteiger partial charge in [0.05, 0.1) is 18.3 Å². The molecule has 0 unspecified atom stereocenters. The van der Waals surface area contributed by atoms with Gasteiger partial charge in [0.2, 0.25) is 0 Å². The van der Waals surface area contributed by atoms with Crippen molar-refractivity contribution in [3.63, 3.8) is 0 Å². The molecule has 2 aliphatic rings. The van der Waals surface area contributed by atoms with Crippen LogP contribution in [0.5, 0.6) is 0 Å². The van der Waals surface area contributed by atoms with Crippen LogP contribution in [0.25, 0.3) is 0 Å². The van der Waals surface area contributed by atoms with Crippen LogP contribution in [0.3, 0.4) is 0 Å². The summed E-state index contributed by atoms with van der Waals surface area (Å²) in [5.74, 6) is -0.349. The number of carbonyl (C=O) groups is 1. The second-order valence-corrected chi connectivity index (χ2v) is 10.1. The fourth-order valence-corrected chi connectivity index (χ4v) is 3.77. The number of ether oxygens (including phenoxy) is 3. The average molecular weight is 433 g/mol. The Balaban J connectivity index is 2.32. The van der Waals surface area contributed by atoms with Gasteiger partial charge in [-0.2, -0.15) is 0 Å². The van der Waals surface area contributed by atoms with Crippen molar-refractivity contribution in [3.8, 4) is 0 Å². The number of methoxy groups -OCH3 is 1. The highest BCUT2D eigenvalue weighted by molar-refractivity contribution is 5.83. The molecule has 1 aliphatic heterocycles. The van der Waals surface area contributed by atoms with E-state index in [1.807, 2.05) is 40.7 Å². The first-order chi connectivity index (χ1) is 14.4. The van der Waals surface area contributed by atoms with Gasteiger partial charge in [-0.3, -0.25) is 0 Å². The third-order valence-electron chi connectivity index (χ3n) is 6.28. The van der Waals surface area contributed by atoms with Gasteiger partial charge in [-0.05, 0) is 77.4 Å². The second kappa shape index (κ2) is 10.3. The molecule has 5 heteroatoms. The zero-order chi connectivity index (χ0) is 23.3. The van der Waals surface area contributed by atoms with Crippen molar-refractivity contribution in [2.75, 3.05) is 13.7 Å². The maximum absolute atomic E-state index is 12.4. The lowest BCUT2D eigenvalue weighted by Gasteiger charge is -2.26. The summed E-state index contributed by atoms with van der Waals surface area (Å²) in [6.07, 6.45) is 14.7. The van der Waals surface area contributed by atoms with E-state index in [0.717, 1.165) is 36.8 Å². The Bertz CT molecular complexity index is 756. The summed E-state index contributed by atoms with van der Waals surface area (Å²) in [6, 6.07) is 0. The van der Waals surface area contributed by atoms with Crippen molar-refractivity contribution in [2.24, 2.45) is 5.41 Å². The van der Waals surface area contributed by atoms with Crippen LogP contribution >= 0.6 is 0 Å². The van der Waals surface area contributed by atoms with Gasteiger partial charge in [0.25, 0.3) is 0 Å². The molecule has 0 spiro atoms. The lowest BCUT2D eigenvalue weighted by molar-refractivity contribution is -0.143. The minimum atomic E-state index is -0.540. The standard InChI is InChI=1S/C26H40O5/c1-19(2)17-23(28)30-21-12-16-25(5,14-8-13-24(3,4)29-7)15-11-20(18-27)9-10-22-26(21,6)31-22/h8,11-13,16-17,21-22,27H,9-10,14-15,18H2,1-7H3/b13-8+,16-12-,20-11?/t21-,22+,25+,26+/m1/s1. The van der Waals surface area contributed by atoms with Crippen molar-refractivity contribution in [1.82, 2.24) is 0 Å². The molecule has 0 aromatic rings. The van der Waals surface area contributed by atoms with Crippen LogP contribution < -0.4 is 0 Å². The molecule has 5 nitrogen and oxygen atoms in total. The van der Waals surface area contributed by atoms with E-state index in [4.69, 9.17) is 14.2 Å². The predicted molar refractivity (Wildman–Crippen MR) is 124 cm³/mol. The lowest BCUT2D eigenvalue weighted by Crippen LogP contribution is -2.32. The minimum Gasteiger partial charge on any atom is -0.452 e. The highest BCUT2D eigenvalue weighted by Crippen LogP contribution is 2.45. The van der Waals surface area contributed by atoms with Gasteiger partial charge in [-0.15, -0.1) is 0 Å². The van der Waals surface area contributed by atoms with E-state index in [1.165, 1.54) is 6.08 Å². The predicted octanol–water partition coefficient (Wildman–Crippen LogP) is 5.06. The minimum absolute atomic E-state index is 0.00311. The molecule has 0 saturated carbocycles. The molecule has 0 aromatic carbocycles. The number of allylic oxidation sites excluding steroid dienone is 4. The monoisotopic (exact) mass is 432 g/mol. The van der Waals surface area contributed by atoms with Gasteiger partial charge in [0, 0.05) is 13.2 Å². The molecule has 31 heavy (non-hydrogen) atoms. The summed E-state index contributed by atoms with van der Waals surface area (Å²) in [4.78, 5) is 12.4. The maximum atomic E-state index is 12.4. The highest BCUT2D eigenvalue weighted by atomic mass is 16.6. The van der Waals surface area contributed by atoms with Crippen LogP contribution in [0.2, 0.25) is 0 Å². The average Bonchev–Trinajstić information content (AvgIpc) is 3.35. The summed E-state index contributed by atoms with van der Waals surface area (Å²) in [6.45, 7) is 12.0. The normalized spacial score (nSPS) is 32.5. The number of hydrogen-bond acceptors (Lipinski definition) is 5. The van der Waals surface area contributed by atoms with E-state index in [-0.39, 0.29) is 29.7 Å². The van der Waals surface area contributed by atoms with Crippen LogP contribution in [0.4, 0.5) is 0 Å². The number of esters is 1. The van der Waals surface area contributed by atoms with Gasteiger partial charge in [0.15, 0.2) is 6.10 Å². The Morgan fingerprint density at radius 1 is 1.35 bits per heavy atom. The van der Waals surface area contributed by atoms with E-state index < -0.39 is 11.7 Å². The number of fused-ring (bicyclic) bond motifs is 1. The number of aliphatic hydroxyl groups excluding tert-OH is 1. The van der Waals surface area contributed by atoms with E-state index >= 15 is 0 Å². The van der Waals surface area contributed by atoms with Crippen molar-refractivity contribution >= 4 is 5.97 Å². The van der Waals surface area contributed by atoms with Crippen LogP contribution in [-0.2, 0) is 19.0 Å². The Morgan fingerprint density at radius 2 is 2.06 bits per heavy atom. The van der Waals surface area contributed by atoms with Crippen LogP contribution in [0.15, 0.2) is 47.6 Å². The molecular formula is C26H40O5. The van der Waals surface area contributed by atoms with Crippen LogP contribution in [-0.4, -0.2) is 48.2 Å².